The first-order valence-electron chi connectivity index (χ1n) is 4.84. The molecule has 0 aromatic carbocycles. The van der Waals surface area contributed by atoms with Gasteiger partial charge in [-0.25, -0.2) is 4.98 Å². The van der Waals surface area contributed by atoms with Crippen molar-refractivity contribution in [3.8, 4) is 5.88 Å². The Morgan fingerprint density at radius 2 is 2.18 bits per heavy atom. The summed E-state index contributed by atoms with van der Waals surface area (Å²) in [5.41, 5.74) is 5.96. The molecule has 0 amide bonds. The van der Waals surface area contributed by atoms with Crippen LogP contribution < -0.4 is 10.5 Å². The van der Waals surface area contributed by atoms with Crippen LogP contribution in [0.3, 0.4) is 0 Å². The van der Waals surface area contributed by atoms with Crippen LogP contribution in [0.2, 0.25) is 0 Å². The lowest BCUT2D eigenvalue weighted by atomic mass is 10.3. The molecule has 0 saturated carbocycles. The number of hydrogen-bond donors (Lipinski definition) is 1. The molecule has 3 nitrogen and oxygen atoms in total. The highest BCUT2D eigenvalue weighted by molar-refractivity contribution is 7.80. The van der Waals surface area contributed by atoms with Gasteiger partial charge < -0.3 is 10.5 Å². The third-order valence-corrected chi connectivity index (χ3v) is 2.11. The van der Waals surface area contributed by atoms with Crippen LogP contribution in [-0.2, 0) is 0 Å². The van der Waals surface area contributed by atoms with Crippen LogP contribution in [0.15, 0.2) is 18.3 Å². The molecule has 0 atom stereocenters. The van der Waals surface area contributed by atoms with Crippen molar-refractivity contribution in [2.75, 3.05) is 6.61 Å². The molecule has 0 fully saturated rings. The molecule has 0 aliphatic rings. The van der Waals surface area contributed by atoms with Crippen LogP contribution in [0, 0.1) is 0 Å². The molecular weight excluding hydrogens is 253 g/mol. The van der Waals surface area contributed by atoms with E-state index in [0.717, 1.165) is 0 Å². The average Bonchev–Trinajstić information content (AvgIpc) is 2.23. The monoisotopic (exact) mass is 264 g/mol. The van der Waals surface area contributed by atoms with Crippen LogP contribution in [0.4, 0.5) is 13.2 Å². The molecule has 1 heterocycles. The third kappa shape index (κ3) is 5.48. The Morgan fingerprint density at radius 3 is 2.76 bits per heavy atom. The van der Waals surface area contributed by atoms with Gasteiger partial charge >= 0.3 is 6.18 Å². The molecule has 0 spiro atoms. The van der Waals surface area contributed by atoms with Crippen molar-refractivity contribution in [1.82, 2.24) is 4.98 Å². The molecule has 17 heavy (non-hydrogen) atoms. The Balaban J connectivity index is 2.42. The summed E-state index contributed by atoms with van der Waals surface area (Å²) in [5.74, 6) is 0.220. The van der Waals surface area contributed by atoms with Crippen molar-refractivity contribution in [3.63, 3.8) is 0 Å². The molecule has 0 radical (unpaired) electrons. The van der Waals surface area contributed by atoms with E-state index in [1.165, 1.54) is 12.3 Å². The number of alkyl halides is 3. The van der Waals surface area contributed by atoms with E-state index in [1.807, 2.05) is 0 Å². The van der Waals surface area contributed by atoms with Gasteiger partial charge in [0.1, 0.15) is 4.99 Å². The van der Waals surface area contributed by atoms with Gasteiger partial charge in [-0.05, 0) is 12.5 Å². The summed E-state index contributed by atoms with van der Waals surface area (Å²) in [6, 6.07) is 3.10. The topological polar surface area (TPSA) is 48.1 Å². The highest BCUT2D eigenvalue weighted by Crippen LogP contribution is 2.21. The SMILES string of the molecule is NC(=S)c1ccnc(OCCCC(F)(F)F)c1. The zero-order valence-corrected chi connectivity index (χ0v) is 9.64. The van der Waals surface area contributed by atoms with Gasteiger partial charge in [0.15, 0.2) is 0 Å². The number of rotatable bonds is 5. The molecule has 7 heteroatoms. The number of aromatic nitrogens is 1. The minimum absolute atomic E-state index is 0.0483. The highest BCUT2D eigenvalue weighted by atomic mass is 32.1. The summed E-state index contributed by atoms with van der Waals surface area (Å²) in [6.07, 6.45) is -3.70. The van der Waals surface area contributed by atoms with Gasteiger partial charge in [0.25, 0.3) is 0 Å². The normalized spacial score (nSPS) is 11.2. The van der Waals surface area contributed by atoms with E-state index in [2.05, 4.69) is 4.98 Å². The first kappa shape index (κ1) is 13.7. The Bertz CT molecular complexity index is 395. The lowest BCUT2D eigenvalue weighted by molar-refractivity contribution is -0.136. The standard InChI is InChI=1S/C10H11F3N2OS/c11-10(12,13)3-1-5-16-8-6-7(9(14)17)2-4-15-8/h2,4,6H,1,3,5H2,(H2,14,17). The lowest BCUT2D eigenvalue weighted by Crippen LogP contribution is -2.11. The first-order valence-corrected chi connectivity index (χ1v) is 5.25. The molecule has 0 unspecified atom stereocenters. The van der Waals surface area contributed by atoms with E-state index in [9.17, 15) is 13.2 Å². The molecule has 0 bridgehead atoms. The highest BCUT2D eigenvalue weighted by Gasteiger charge is 2.26. The van der Waals surface area contributed by atoms with E-state index in [-0.39, 0.29) is 23.9 Å². The van der Waals surface area contributed by atoms with Crippen LogP contribution >= 0.6 is 12.2 Å². The largest absolute Gasteiger partial charge is 0.478 e. The van der Waals surface area contributed by atoms with Gasteiger partial charge in [0.2, 0.25) is 5.88 Å². The number of ether oxygens (including phenoxy) is 1. The molecule has 1 aromatic rings. The van der Waals surface area contributed by atoms with Crippen LogP contribution in [0.5, 0.6) is 5.88 Å². The predicted molar refractivity (Wildman–Crippen MR) is 60.9 cm³/mol. The Kier molecular flexibility index (Phi) is 4.68. The fraction of sp³-hybridized carbons (Fsp3) is 0.400. The number of pyridine rings is 1. The van der Waals surface area contributed by atoms with Crippen LogP contribution in [0.1, 0.15) is 18.4 Å². The van der Waals surface area contributed by atoms with Gasteiger partial charge in [-0.1, -0.05) is 12.2 Å². The van der Waals surface area contributed by atoms with Crippen molar-refractivity contribution in [1.29, 1.82) is 0 Å². The lowest BCUT2D eigenvalue weighted by Gasteiger charge is -2.08. The van der Waals surface area contributed by atoms with Gasteiger partial charge in [-0.15, -0.1) is 0 Å². The summed E-state index contributed by atoms with van der Waals surface area (Å²) in [7, 11) is 0. The molecule has 1 rings (SSSR count). The summed E-state index contributed by atoms with van der Waals surface area (Å²) >= 11 is 4.75. The quantitative estimate of drug-likeness (QED) is 0.655. The summed E-state index contributed by atoms with van der Waals surface area (Å²) in [4.78, 5) is 4.02. The van der Waals surface area contributed by atoms with E-state index in [0.29, 0.717) is 5.56 Å². The van der Waals surface area contributed by atoms with E-state index in [4.69, 9.17) is 22.7 Å². The number of nitrogens with two attached hydrogens (primary N) is 1. The zero-order chi connectivity index (χ0) is 12.9. The number of thiocarbonyl (C=S) groups is 1. The molecule has 94 valence electrons. The van der Waals surface area contributed by atoms with Crippen molar-refractivity contribution in [2.24, 2.45) is 5.73 Å². The number of halogens is 3. The van der Waals surface area contributed by atoms with Crippen LogP contribution in [-0.4, -0.2) is 22.8 Å². The second-order valence-electron chi connectivity index (χ2n) is 3.31. The van der Waals surface area contributed by atoms with Crippen molar-refractivity contribution in [2.45, 2.75) is 19.0 Å². The summed E-state index contributed by atoms with van der Waals surface area (Å²) in [6.45, 7) is -0.0483. The Morgan fingerprint density at radius 1 is 1.47 bits per heavy atom. The molecule has 0 saturated heterocycles. The second-order valence-corrected chi connectivity index (χ2v) is 3.75. The summed E-state index contributed by atoms with van der Waals surface area (Å²) < 4.78 is 40.6. The van der Waals surface area contributed by atoms with Gasteiger partial charge in [0, 0.05) is 24.2 Å². The van der Waals surface area contributed by atoms with Gasteiger partial charge in [-0.2, -0.15) is 13.2 Å². The van der Waals surface area contributed by atoms with Crippen molar-refractivity contribution < 1.29 is 17.9 Å². The van der Waals surface area contributed by atoms with Crippen molar-refractivity contribution >= 4 is 17.2 Å². The molecular formula is C10H11F3N2OS. The maximum absolute atomic E-state index is 11.8. The average molecular weight is 264 g/mol. The predicted octanol–water partition coefficient (Wildman–Crippen LogP) is 2.44. The van der Waals surface area contributed by atoms with Crippen LogP contribution in [0.25, 0.3) is 0 Å². The maximum Gasteiger partial charge on any atom is 0.389 e. The minimum atomic E-state index is -4.16. The summed E-state index contributed by atoms with van der Waals surface area (Å²) in [5, 5.41) is 0. The maximum atomic E-state index is 11.8. The molecule has 1 aromatic heterocycles. The third-order valence-electron chi connectivity index (χ3n) is 1.87. The fourth-order valence-electron chi connectivity index (χ4n) is 1.09. The number of nitrogens with zero attached hydrogens (tertiary/aromatic N) is 1. The molecule has 0 aliphatic carbocycles. The van der Waals surface area contributed by atoms with Crippen molar-refractivity contribution in [3.05, 3.63) is 23.9 Å². The Hall–Kier alpha value is -1.37. The molecule has 2 N–H and O–H groups in total. The second kappa shape index (κ2) is 5.81. The van der Waals surface area contributed by atoms with Gasteiger partial charge in [-0.3, -0.25) is 0 Å². The fourth-order valence-corrected chi connectivity index (χ4v) is 1.22. The number of hydrogen-bond acceptors (Lipinski definition) is 3. The van der Waals surface area contributed by atoms with Gasteiger partial charge in [0.05, 0.1) is 6.61 Å². The van der Waals surface area contributed by atoms with E-state index >= 15 is 0 Å². The smallest absolute Gasteiger partial charge is 0.389 e. The first-order chi connectivity index (χ1) is 7.88. The minimum Gasteiger partial charge on any atom is -0.478 e. The van der Waals surface area contributed by atoms with E-state index < -0.39 is 12.6 Å². The zero-order valence-electron chi connectivity index (χ0n) is 8.83. The Labute approximate surface area is 102 Å². The molecule has 0 aliphatic heterocycles. The van der Waals surface area contributed by atoms with E-state index in [1.54, 1.807) is 6.07 Å².